The molecule has 0 atom stereocenters. The van der Waals surface area contributed by atoms with Gasteiger partial charge in [0.05, 0.1) is 6.04 Å². The van der Waals surface area contributed by atoms with Gasteiger partial charge in [0.15, 0.2) is 5.71 Å². The Morgan fingerprint density at radius 2 is 1.33 bits per heavy atom. The van der Waals surface area contributed by atoms with Crippen molar-refractivity contribution in [1.82, 2.24) is 5.32 Å². The van der Waals surface area contributed by atoms with Crippen molar-refractivity contribution in [2.75, 3.05) is 13.1 Å². The third-order valence-electron chi connectivity index (χ3n) is 7.53. The summed E-state index contributed by atoms with van der Waals surface area (Å²) in [6.45, 7) is 19.6. The molecule has 4 heteroatoms. The van der Waals surface area contributed by atoms with Gasteiger partial charge in [-0.05, 0) is 54.3 Å². The van der Waals surface area contributed by atoms with Crippen molar-refractivity contribution >= 4 is 5.71 Å². The van der Waals surface area contributed by atoms with E-state index in [1.807, 2.05) is 39.1 Å². The van der Waals surface area contributed by atoms with Crippen LogP contribution in [0.5, 0.6) is 5.75 Å². The first-order chi connectivity index (χ1) is 16.5. The number of nitrogens with zero attached hydrogens (tertiary/aromatic N) is 1. The summed E-state index contributed by atoms with van der Waals surface area (Å²) in [5.41, 5.74) is 2.25. The fourth-order valence-corrected chi connectivity index (χ4v) is 4.80. The van der Waals surface area contributed by atoms with Gasteiger partial charge in [0, 0.05) is 42.2 Å². The van der Waals surface area contributed by atoms with E-state index < -0.39 is 0 Å². The van der Waals surface area contributed by atoms with Crippen LogP contribution in [0.2, 0.25) is 0 Å². The summed E-state index contributed by atoms with van der Waals surface area (Å²) in [7, 11) is 0. The molecule has 4 aliphatic rings. The standard InChI is InChI=1S/C12H14N2.C10H14O.C10H15.Fe/c1-2-9-14(8-1)12-6-7-13-11-5-3-4-10(11)12;1-10(2,3)8-6-4-5-7-9(8)11;1-6-7(2)9(4)10(5)8(6)3;/h3-7,13H,1-2,8-9H2;4-7,11H,1-3H3;1-5H3;/q+1;;;/p-1. The Balaban J connectivity index is 0.000000191. The molecule has 2 saturated carbocycles. The van der Waals surface area contributed by atoms with E-state index >= 15 is 0 Å². The average Bonchev–Trinajstić information content (AvgIpc) is 3.56. The monoisotopic (exact) mass is 526 g/mol. The van der Waals surface area contributed by atoms with Crippen LogP contribution in [-0.2, 0) is 22.5 Å². The van der Waals surface area contributed by atoms with E-state index in [2.05, 4.69) is 69.8 Å². The van der Waals surface area contributed by atoms with Gasteiger partial charge in [-0.2, -0.15) is 0 Å². The molecular weight excluding hydrogens is 484 g/mol. The smallest absolute Gasteiger partial charge is 0.187 e. The zero-order valence-corrected chi connectivity index (χ0v) is 24.3. The molecule has 0 bridgehead atoms. The van der Waals surface area contributed by atoms with Crippen molar-refractivity contribution in [2.24, 2.45) is 0 Å². The normalized spacial score (nSPS) is 22.4. The van der Waals surface area contributed by atoms with Crippen LogP contribution in [0, 0.1) is 60.8 Å². The Morgan fingerprint density at radius 1 is 0.806 bits per heavy atom. The molecule has 2 heterocycles. The zero-order valence-electron chi connectivity index (χ0n) is 23.2. The first kappa shape index (κ1) is 31.0. The Bertz CT molecular complexity index is 834. The minimum atomic E-state index is -0.0294. The molecule has 1 aromatic rings. The molecule has 2 aliphatic carbocycles. The molecule has 5 rings (SSSR count). The van der Waals surface area contributed by atoms with Crippen LogP contribution in [0.4, 0.5) is 0 Å². The van der Waals surface area contributed by atoms with Gasteiger partial charge in [0.1, 0.15) is 19.0 Å². The molecule has 0 unspecified atom stereocenters. The number of fused-ring (bicyclic) bond motifs is 1. The van der Waals surface area contributed by atoms with Gasteiger partial charge in [-0.1, -0.05) is 85.2 Å². The van der Waals surface area contributed by atoms with Crippen molar-refractivity contribution < 1.29 is 26.8 Å². The van der Waals surface area contributed by atoms with E-state index in [-0.39, 0.29) is 28.2 Å². The fourth-order valence-electron chi connectivity index (χ4n) is 4.80. The van der Waals surface area contributed by atoms with Crippen molar-refractivity contribution in [3.63, 3.8) is 0 Å². The second-order valence-corrected chi connectivity index (χ2v) is 10.8. The minimum absolute atomic E-state index is 0. The number of hydrogen-bond donors (Lipinski definition) is 1. The molecule has 2 aliphatic heterocycles. The molecule has 10 radical (unpaired) electrons. The van der Waals surface area contributed by atoms with Crippen molar-refractivity contribution in [3.05, 3.63) is 103 Å². The molecule has 0 aromatic heterocycles. The summed E-state index contributed by atoms with van der Waals surface area (Å²) in [6, 6.07) is 8.43. The summed E-state index contributed by atoms with van der Waals surface area (Å²) in [4.78, 5) is 0. The second kappa shape index (κ2) is 13.5. The molecular formula is C32H42FeN2O. The summed E-state index contributed by atoms with van der Waals surface area (Å²) in [5, 5.41) is 14.5. The third-order valence-corrected chi connectivity index (χ3v) is 7.53. The summed E-state index contributed by atoms with van der Waals surface area (Å²) < 4.78 is 2.48. The molecule has 194 valence electrons. The van der Waals surface area contributed by atoms with Crippen molar-refractivity contribution in [1.29, 1.82) is 0 Å². The number of allylic oxidation sites excluding steroid dienone is 1. The largest absolute Gasteiger partial charge is 0.872 e. The van der Waals surface area contributed by atoms with Crippen molar-refractivity contribution in [3.8, 4) is 5.75 Å². The maximum Gasteiger partial charge on any atom is 0.187 e. The average molecular weight is 527 g/mol. The summed E-state index contributed by atoms with van der Waals surface area (Å²) in [6.07, 6.45) is 13.3. The SMILES string of the molecule is CC(C)(C)c1ccccc1[O-].C[C]1[C](C)[C](C)[C](C)[C]1C.[CH]1[CH][C]2NC=CC(=[N+]3CCCC3)[C]2[CH]1.[Fe]. The van der Waals surface area contributed by atoms with E-state index in [0.717, 1.165) is 5.56 Å². The van der Waals surface area contributed by atoms with Gasteiger partial charge in [-0.25, -0.2) is 4.58 Å². The number of nitrogens with one attached hydrogen (secondary N) is 1. The van der Waals surface area contributed by atoms with E-state index in [1.165, 1.54) is 73.2 Å². The van der Waals surface area contributed by atoms with Gasteiger partial charge in [0.25, 0.3) is 0 Å². The van der Waals surface area contributed by atoms with Crippen LogP contribution in [0.15, 0.2) is 36.5 Å². The molecule has 0 spiro atoms. The van der Waals surface area contributed by atoms with Crippen LogP contribution >= 0.6 is 0 Å². The van der Waals surface area contributed by atoms with Gasteiger partial charge in [-0.3, -0.25) is 0 Å². The molecule has 3 nitrogen and oxygen atoms in total. The predicted molar refractivity (Wildman–Crippen MR) is 145 cm³/mol. The quantitative estimate of drug-likeness (QED) is 0.327. The Hall–Kier alpha value is -1.25. The van der Waals surface area contributed by atoms with Gasteiger partial charge >= 0.3 is 0 Å². The fraction of sp³-hybridized carbons (Fsp3) is 0.406. The van der Waals surface area contributed by atoms with E-state index in [9.17, 15) is 5.11 Å². The van der Waals surface area contributed by atoms with Crippen LogP contribution in [0.3, 0.4) is 0 Å². The van der Waals surface area contributed by atoms with Gasteiger partial charge < -0.3 is 10.4 Å². The first-order valence-electron chi connectivity index (χ1n) is 12.8. The Labute approximate surface area is 232 Å². The number of benzene rings is 1. The Morgan fingerprint density at radius 3 is 1.81 bits per heavy atom. The molecule has 1 N–H and O–H groups in total. The second-order valence-electron chi connectivity index (χ2n) is 10.8. The minimum Gasteiger partial charge on any atom is -0.872 e. The number of para-hydroxylation sites is 1. The van der Waals surface area contributed by atoms with Crippen LogP contribution in [-0.4, -0.2) is 23.4 Å². The molecule has 1 saturated heterocycles. The number of rotatable bonds is 0. The van der Waals surface area contributed by atoms with E-state index in [1.54, 1.807) is 12.1 Å². The molecule has 3 fully saturated rings. The van der Waals surface area contributed by atoms with Crippen LogP contribution in [0.1, 0.15) is 73.8 Å². The van der Waals surface area contributed by atoms with Crippen LogP contribution in [0.25, 0.3) is 0 Å². The molecule has 0 amide bonds. The zero-order chi connectivity index (χ0) is 25.8. The first-order valence-corrected chi connectivity index (χ1v) is 12.8. The van der Waals surface area contributed by atoms with Gasteiger partial charge in [0.2, 0.25) is 0 Å². The van der Waals surface area contributed by atoms with E-state index in [0.29, 0.717) is 0 Å². The maximum absolute atomic E-state index is 11.3. The van der Waals surface area contributed by atoms with Gasteiger partial charge in [-0.15, -0.1) is 5.75 Å². The topological polar surface area (TPSA) is 38.1 Å². The van der Waals surface area contributed by atoms with Crippen molar-refractivity contribution in [2.45, 2.75) is 73.6 Å². The van der Waals surface area contributed by atoms with Crippen LogP contribution < -0.4 is 10.4 Å². The predicted octanol–water partition coefficient (Wildman–Crippen LogP) is 6.11. The molecule has 1 aromatic carbocycles. The Kier molecular flexibility index (Phi) is 11.6. The summed E-state index contributed by atoms with van der Waals surface area (Å²) in [5.74, 6) is 8.83. The molecule has 36 heavy (non-hydrogen) atoms. The van der Waals surface area contributed by atoms with E-state index in [4.69, 9.17) is 0 Å². The summed E-state index contributed by atoms with van der Waals surface area (Å²) >= 11 is 0. The number of hydrogen-bond acceptors (Lipinski definition) is 2. The maximum atomic E-state index is 11.3. The third kappa shape index (κ3) is 7.41.